The van der Waals surface area contributed by atoms with Crippen molar-refractivity contribution in [3.63, 3.8) is 0 Å². The molecule has 0 unspecified atom stereocenters. The van der Waals surface area contributed by atoms with E-state index in [0.717, 1.165) is 31.3 Å². The molecule has 3 rings (SSSR count). The second-order valence-electron chi connectivity index (χ2n) is 6.82. The standard InChI is InChI=1S/C17H28N4/c1-12-7-6-8-13(2)15(12)11-18-14(3)17-20-19-16-9-4-5-10-21(16)17/h7,13-15,18H,4-6,8-11H2,1-3H3/t13-,14+,15+/m0/s1. The highest BCUT2D eigenvalue weighted by molar-refractivity contribution is 5.10. The molecular formula is C17H28N4. The summed E-state index contributed by atoms with van der Waals surface area (Å²) in [6.07, 6.45) is 8.57. The zero-order valence-electron chi connectivity index (χ0n) is 13.6. The van der Waals surface area contributed by atoms with E-state index < -0.39 is 0 Å². The van der Waals surface area contributed by atoms with Crippen LogP contribution in [0.15, 0.2) is 11.6 Å². The summed E-state index contributed by atoms with van der Waals surface area (Å²) in [5, 5.41) is 12.5. The van der Waals surface area contributed by atoms with Crippen LogP contribution in [0.4, 0.5) is 0 Å². The van der Waals surface area contributed by atoms with Gasteiger partial charge in [-0.3, -0.25) is 0 Å². The molecule has 1 aliphatic carbocycles. The Balaban J connectivity index is 1.64. The Bertz CT molecular complexity index is 517. The summed E-state index contributed by atoms with van der Waals surface area (Å²) >= 11 is 0. The molecule has 0 fully saturated rings. The van der Waals surface area contributed by atoms with Crippen LogP contribution >= 0.6 is 0 Å². The van der Waals surface area contributed by atoms with Crippen molar-refractivity contribution < 1.29 is 0 Å². The smallest absolute Gasteiger partial charge is 0.149 e. The predicted octanol–water partition coefficient (Wildman–Crippen LogP) is 3.26. The summed E-state index contributed by atoms with van der Waals surface area (Å²) in [6.45, 7) is 9.02. The molecule has 0 radical (unpaired) electrons. The Morgan fingerprint density at radius 2 is 2.24 bits per heavy atom. The van der Waals surface area contributed by atoms with Crippen LogP contribution in [0.5, 0.6) is 0 Å². The molecule has 21 heavy (non-hydrogen) atoms. The van der Waals surface area contributed by atoms with Gasteiger partial charge in [0.25, 0.3) is 0 Å². The fraction of sp³-hybridized carbons (Fsp3) is 0.765. The SMILES string of the molecule is CC1=CCC[C@H](C)[C@@H]1CN[C@H](C)c1nnc2n1CCCC2. The van der Waals surface area contributed by atoms with E-state index in [1.54, 1.807) is 5.57 Å². The highest BCUT2D eigenvalue weighted by Gasteiger charge is 2.24. The first-order valence-corrected chi connectivity index (χ1v) is 8.49. The average Bonchev–Trinajstić information content (AvgIpc) is 2.90. The third kappa shape index (κ3) is 3.05. The van der Waals surface area contributed by atoms with Crippen LogP contribution in [-0.4, -0.2) is 21.3 Å². The van der Waals surface area contributed by atoms with Crippen molar-refractivity contribution in [1.29, 1.82) is 0 Å². The monoisotopic (exact) mass is 288 g/mol. The maximum absolute atomic E-state index is 4.44. The van der Waals surface area contributed by atoms with E-state index in [1.807, 2.05) is 0 Å². The predicted molar refractivity (Wildman–Crippen MR) is 85.0 cm³/mol. The normalized spacial score (nSPS) is 27.1. The van der Waals surface area contributed by atoms with Gasteiger partial charge in [0.05, 0.1) is 6.04 Å². The highest BCUT2D eigenvalue weighted by atomic mass is 15.3. The van der Waals surface area contributed by atoms with Gasteiger partial charge in [-0.25, -0.2) is 0 Å². The molecule has 4 heteroatoms. The lowest BCUT2D eigenvalue weighted by molar-refractivity contribution is 0.334. The fourth-order valence-electron chi connectivity index (χ4n) is 3.78. The van der Waals surface area contributed by atoms with Crippen molar-refractivity contribution in [2.75, 3.05) is 6.54 Å². The number of aryl methyl sites for hydroxylation is 1. The molecule has 1 aliphatic heterocycles. The van der Waals surface area contributed by atoms with Crippen LogP contribution in [0.3, 0.4) is 0 Å². The maximum Gasteiger partial charge on any atom is 0.149 e. The van der Waals surface area contributed by atoms with Crippen LogP contribution in [-0.2, 0) is 13.0 Å². The van der Waals surface area contributed by atoms with Crippen LogP contribution in [0, 0.1) is 11.8 Å². The van der Waals surface area contributed by atoms with Crippen molar-refractivity contribution in [3.05, 3.63) is 23.3 Å². The third-order valence-electron chi connectivity index (χ3n) is 5.28. The molecular weight excluding hydrogens is 260 g/mol. The molecule has 0 saturated heterocycles. The van der Waals surface area contributed by atoms with Crippen LogP contribution in [0.2, 0.25) is 0 Å². The molecule has 3 atom stereocenters. The van der Waals surface area contributed by atoms with E-state index in [1.165, 1.54) is 31.5 Å². The molecule has 0 spiro atoms. The van der Waals surface area contributed by atoms with E-state index in [9.17, 15) is 0 Å². The number of nitrogens with one attached hydrogen (secondary N) is 1. The summed E-state index contributed by atoms with van der Waals surface area (Å²) in [7, 11) is 0. The molecule has 0 saturated carbocycles. The Kier molecular flexibility index (Phi) is 4.43. The van der Waals surface area contributed by atoms with Gasteiger partial charge in [0.1, 0.15) is 11.6 Å². The molecule has 0 amide bonds. The van der Waals surface area contributed by atoms with Gasteiger partial charge in [0, 0.05) is 19.5 Å². The molecule has 4 nitrogen and oxygen atoms in total. The van der Waals surface area contributed by atoms with Crippen molar-refractivity contribution in [2.45, 2.75) is 65.5 Å². The van der Waals surface area contributed by atoms with Gasteiger partial charge < -0.3 is 9.88 Å². The molecule has 2 aliphatic rings. The molecule has 116 valence electrons. The van der Waals surface area contributed by atoms with Gasteiger partial charge in [-0.05, 0) is 51.4 Å². The number of aromatic nitrogens is 3. The van der Waals surface area contributed by atoms with Crippen LogP contribution in [0.25, 0.3) is 0 Å². The average molecular weight is 288 g/mol. The largest absolute Gasteiger partial charge is 0.314 e. The summed E-state index contributed by atoms with van der Waals surface area (Å²) in [6, 6.07) is 0.284. The number of hydrogen-bond donors (Lipinski definition) is 1. The second kappa shape index (κ2) is 6.30. The molecule has 1 N–H and O–H groups in total. The number of rotatable bonds is 4. The number of allylic oxidation sites excluding steroid dienone is 1. The minimum atomic E-state index is 0.284. The lowest BCUT2D eigenvalue weighted by Crippen LogP contribution is -2.32. The van der Waals surface area contributed by atoms with Gasteiger partial charge in [-0.2, -0.15) is 0 Å². The Hall–Kier alpha value is -1.16. The minimum absolute atomic E-state index is 0.284. The van der Waals surface area contributed by atoms with Crippen LogP contribution in [0.1, 0.15) is 64.1 Å². The molecule has 1 aromatic rings. The molecule has 0 aromatic carbocycles. The molecule has 0 bridgehead atoms. The first-order valence-electron chi connectivity index (χ1n) is 8.49. The summed E-state index contributed by atoms with van der Waals surface area (Å²) in [5.74, 6) is 3.74. The number of nitrogens with zero attached hydrogens (tertiary/aromatic N) is 3. The van der Waals surface area contributed by atoms with Crippen molar-refractivity contribution >= 4 is 0 Å². The Labute approximate surface area is 128 Å². The topological polar surface area (TPSA) is 42.7 Å². The Morgan fingerprint density at radius 1 is 1.38 bits per heavy atom. The summed E-state index contributed by atoms with van der Waals surface area (Å²) in [5.41, 5.74) is 1.55. The van der Waals surface area contributed by atoms with Gasteiger partial charge in [-0.1, -0.05) is 18.6 Å². The minimum Gasteiger partial charge on any atom is -0.314 e. The van der Waals surface area contributed by atoms with E-state index in [-0.39, 0.29) is 6.04 Å². The first-order chi connectivity index (χ1) is 10.2. The Morgan fingerprint density at radius 3 is 3.05 bits per heavy atom. The van der Waals surface area contributed by atoms with Crippen LogP contribution < -0.4 is 5.32 Å². The highest BCUT2D eigenvalue weighted by Crippen LogP contribution is 2.30. The quantitative estimate of drug-likeness (QED) is 0.865. The van der Waals surface area contributed by atoms with Gasteiger partial charge in [-0.15, -0.1) is 10.2 Å². The first kappa shape index (κ1) is 14.8. The lowest BCUT2D eigenvalue weighted by atomic mass is 9.80. The zero-order valence-corrected chi connectivity index (χ0v) is 13.6. The van der Waals surface area contributed by atoms with Gasteiger partial charge >= 0.3 is 0 Å². The van der Waals surface area contributed by atoms with Crippen molar-refractivity contribution in [1.82, 2.24) is 20.1 Å². The second-order valence-corrected chi connectivity index (χ2v) is 6.82. The summed E-state index contributed by atoms with van der Waals surface area (Å²) in [4.78, 5) is 0. The number of hydrogen-bond acceptors (Lipinski definition) is 3. The van der Waals surface area contributed by atoms with Gasteiger partial charge in [0.15, 0.2) is 0 Å². The number of fused-ring (bicyclic) bond motifs is 1. The van der Waals surface area contributed by atoms with E-state index in [4.69, 9.17) is 0 Å². The van der Waals surface area contributed by atoms with E-state index in [2.05, 4.69) is 46.9 Å². The third-order valence-corrected chi connectivity index (χ3v) is 5.28. The zero-order chi connectivity index (χ0) is 14.8. The van der Waals surface area contributed by atoms with Gasteiger partial charge in [0.2, 0.25) is 0 Å². The van der Waals surface area contributed by atoms with E-state index >= 15 is 0 Å². The van der Waals surface area contributed by atoms with Crippen molar-refractivity contribution in [2.24, 2.45) is 11.8 Å². The molecule has 2 heterocycles. The lowest BCUT2D eigenvalue weighted by Gasteiger charge is -2.30. The molecule has 1 aromatic heterocycles. The summed E-state index contributed by atoms with van der Waals surface area (Å²) < 4.78 is 2.33. The maximum atomic E-state index is 4.44. The van der Waals surface area contributed by atoms with Crippen molar-refractivity contribution in [3.8, 4) is 0 Å². The fourth-order valence-corrected chi connectivity index (χ4v) is 3.78. The van der Waals surface area contributed by atoms with E-state index in [0.29, 0.717) is 5.92 Å².